The monoisotopic (exact) mass is 452 g/mol. The van der Waals surface area contributed by atoms with Crippen molar-refractivity contribution in [3.8, 4) is 17.3 Å². The third-order valence-corrected chi connectivity index (χ3v) is 8.77. The average molecular weight is 453 g/mol. The number of aromatic amines is 1. The Kier molecular flexibility index (Phi) is 4.40. The molecule has 4 heterocycles. The van der Waals surface area contributed by atoms with Crippen LogP contribution in [0.4, 0.5) is 0 Å². The van der Waals surface area contributed by atoms with Gasteiger partial charge in [-0.25, -0.2) is 9.97 Å². The summed E-state index contributed by atoms with van der Waals surface area (Å²) in [5, 5.41) is 15.2. The Labute approximate surface area is 185 Å². The third-order valence-electron chi connectivity index (χ3n) is 7.16. The largest absolute Gasteiger partial charge is 0.346 e. The molecule has 32 heavy (non-hydrogen) atoms. The molecule has 0 unspecified atom stereocenters. The molecule has 10 nitrogen and oxygen atoms in total. The maximum absolute atomic E-state index is 12.6. The minimum absolute atomic E-state index is 0.105. The van der Waals surface area contributed by atoms with Gasteiger partial charge in [0.2, 0.25) is 0 Å². The second-order valence-corrected chi connectivity index (χ2v) is 11.0. The first kappa shape index (κ1) is 19.8. The zero-order valence-electron chi connectivity index (χ0n) is 17.5. The van der Waals surface area contributed by atoms with Crippen molar-refractivity contribution in [1.82, 2.24) is 33.8 Å². The number of nitriles is 1. The van der Waals surface area contributed by atoms with E-state index >= 15 is 0 Å². The molecule has 0 bridgehead atoms. The number of hydrogen-bond acceptors (Lipinski definition) is 6. The van der Waals surface area contributed by atoms with Crippen molar-refractivity contribution in [3.63, 3.8) is 0 Å². The summed E-state index contributed by atoms with van der Waals surface area (Å²) < 4.78 is 31.6. The summed E-state index contributed by atoms with van der Waals surface area (Å²) in [6.07, 6.45) is 10.8. The fraction of sp³-hybridized carbons (Fsp3) is 0.524. The fourth-order valence-corrected chi connectivity index (χ4v) is 7.05. The molecule has 2 aliphatic carbocycles. The van der Waals surface area contributed by atoms with E-state index in [1.54, 1.807) is 10.5 Å². The summed E-state index contributed by atoms with van der Waals surface area (Å²) in [7, 11) is -3.42. The maximum atomic E-state index is 12.6. The van der Waals surface area contributed by atoms with E-state index < -0.39 is 15.7 Å². The highest BCUT2D eigenvalue weighted by atomic mass is 32.2. The van der Waals surface area contributed by atoms with Gasteiger partial charge in [-0.2, -0.15) is 27.8 Å². The Morgan fingerprint density at radius 3 is 2.75 bits per heavy atom. The van der Waals surface area contributed by atoms with Crippen LogP contribution in [-0.2, 0) is 15.7 Å². The predicted molar refractivity (Wildman–Crippen MR) is 116 cm³/mol. The van der Waals surface area contributed by atoms with E-state index in [9.17, 15) is 13.7 Å². The van der Waals surface area contributed by atoms with Gasteiger partial charge < -0.3 is 4.98 Å². The topological polar surface area (TPSA) is 133 Å². The lowest BCUT2D eigenvalue weighted by Crippen LogP contribution is -2.42. The van der Waals surface area contributed by atoms with Crippen LogP contribution >= 0.6 is 0 Å². The second-order valence-electron chi connectivity index (χ2n) is 9.34. The van der Waals surface area contributed by atoms with Gasteiger partial charge in [0.1, 0.15) is 12.0 Å². The molecule has 3 fully saturated rings. The summed E-state index contributed by atoms with van der Waals surface area (Å²) >= 11 is 0. The lowest BCUT2D eigenvalue weighted by Gasteiger charge is -2.29. The zero-order valence-corrected chi connectivity index (χ0v) is 18.3. The van der Waals surface area contributed by atoms with Gasteiger partial charge in [0, 0.05) is 42.5 Å². The van der Waals surface area contributed by atoms with Crippen LogP contribution in [-0.4, -0.2) is 56.6 Å². The van der Waals surface area contributed by atoms with Crippen molar-refractivity contribution in [2.45, 2.75) is 43.7 Å². The van der Waals surface area contributed by atoms with E-state index in [4.69, 9.17) is 0 Å². The molecule has 3 aromatic rings. The summed E-state index contributed by atoms with van der Waals surface area (Å²) in [5.41, 5.74) is 2.03. The lowest BCUT2D eigenvalue weighted by molar-refractivity contribution is 0.240. The van der Waals surface area contributed by atoms with E-state index in [-0.39, 0.29) is 17.9 Å². The average Bonchev–Trinajstić information content (AvgIpc) is 3.18. The van der Waals surface area contributed by atoms with Gasteiger partial charge in [0.05, 0.1) is 29.9 Å². The molecule has 0 amide bonds. The first-order valence-corrected chi connectivity index (χ1v) is 12.4. The lowest BCUT2D eigenvalue weighted by atomic mass is 9.92. The van der Waals surface area contributed by atoms with Crippen molar-refractivity contribution in [1.29, 1.82) is 5.26 Å². The van der Waals surface area contributed by atoms with Gasteiger partial charge in [0.15, 0.2) is 0 Å². The van der Waals surface area contributed by atoms with Gasteiger partial charge in [-0.15, -0.1) is 0 Å². The van der Waals surface area contributed by atoms with Crippen LogP contribution in [0.2, 0.25) is 0 Å². The Bertz CT molecular complexity index is 1300. The molecule has 1 aliphatic heterocycles. The number of H-pyrrole nitrogens is 1. The minimum atomic E-state index is -3.42. The molecule has 3 atom stereocenters. The summed E-state index contributed by atoms with van der Waals surface area (Å²) in [4.78, 5) is 11.8. The Morgan fingerprint density at radius 1 is 1.25 bits per heavy atom. The SMILES string of the molecule is N#CC[C@@]1(n2cc(-c3ncnc4[nH]ccc34)cn2)C[C@H]2CN(S(=O)(=O)NC3CC3)C[C@H]2C1. The highest BCUT2D eigenvalue weighted by Crippen LogP contribution is 2.50. The van der Waals surface area contributed by atoms with E-state index in [1.165, 1.54) is 6.33 Å². The van der Waals surface area contributed by atoms with E-state index in [0.717, 1.165) is 48.0 Å². The number of nitrogens with one attached hydrogen (secondary N) is 2. The molecule has 3 aliphatic rings. The van der Waals surface area contributed by atoms with E-state index in [0.29, 0.717) is 19.5 Å². The highest BCUT2D eigenvalue weighted by Gasteiger charge is 2.52. The van der Waals surface area contributed by atoms with Gasteiger partial charge in [-0.3, -0.25) is 4.68 Å². The standard InChI is InChI=1S/C21H24N8O2S/c22-5-4-21(7-14-10-28(11-15(14)8-21)32(30,31)27-17-1-2-17)29-12-16(9-26-29)19-18-3-6-23-20(18)25-13-24-19/h3,6,9,12-15,17,27H,1-2,4,7-8,10-11H2,(H,23,24,25)/t14-,15+,21+. The molecule has 0 aromatic carbocycles. The molecule has 11 heteroatoms. The normalized spacial score (nSPS) is 28.2. The summed E-state index contributed by atoms with van der Waals surface area (Å²) in [6, 6.07) is 4.40. The van der Waals surface area contributed by atoms with Crippen molar-refractivity contribution in [2.24, 2.45) is 11.8 Å². The van der Waals surface area contributed by atoms with Crippen LogP contribution in [0.5, 0.6) is 0 Å². The van der Waals surface area contributed by atoms with Crippen molar-refractivity contribution >= 4 is 21.2 Å². The number of nitrogens with zero attached hydrogens (tertiary/aromatic N) is 6. The summed E-state index contributed by atoms with van der Waals surface area (Å²) in [5.74, 6) is 0.449. The molecule has 1 saturated heterocycles. The van der Waals surface area contributed by atoms with Crippen molar-refractivity contribution in [3.05, 3.63) is 31.0 Å². The van der Waals surface area contributed by atoms with Gasteiger partial charge in [0.25, 0.3) is 10.2 Å². The Balaban J connectivity index is 1.26. The smallest absolute Gasteiger partial charge is 0.279 e. The van der Waals surface area contributed by atoms with Gasteiger partial charge >= 0.3 is 0 Å². The van der Waals surface area contributed by atoms with Crippen molar-refractivity contribution < 1.29 is 8.42 Å². The van der Waals surface area contributed by atoms with Crippen LogP contribution in [0, 0.1) is 23.2 Å². The van der Waals surface area contributed by atoms with Crippen LogP contribution < -0.4 is 4.72 Å². The maximum Gasteiger partial charge on any atom is 0.279 e. The Hall–Kier alpha value is -2.81. The molecule has 2 N–H and O–H groups in total. The molecule has 0 radical (unpaired) electrons. The Morgan fingerprint density at radius 2 is 2.03 bits per heavy atom. The van der Waals surface area contributed by atoms with Crippen LogP contribution in [0.1, 0.15) is 32.1 Å². The summed E-state index contributed by atoms with van der Waals surface area (Å²) in [6.45, 7) is 1.01. The first-order chi connectivity index (χ1) is 15.5. The number of fused-ring (bicyclic) bond motifs is 2. The van der Waals surface area contributed by atoms with Crippen LogP contribution in [0.3, 0.4) is 0 Å². The van der Waals surface area contributed by atoms with Gasteiger partial charge in [-0.1, -0.05) is 0 Å². The third kappa shape index (κ3) is 3.21. The minimum Gasteiger partial charge on any atom is -0.346 e. The highest BCUT2D eigenvalue weighted by molar-refractivity contribution is 7.87. The predicted octanol–water partition coefficient (Wildman–Crippen LogP) is 1.77. The fourth-order valence-electron chi connectivity index (χ4n) is 5.47. The van der Waals surface area contributed by atoms with Crippen molar-refractivity contribution in [2.75, 3.05) is 13.1 Å². The van der Waals surface area contributed by atoms with Gasteiger partial charge in [-0.05, 0) is 43.6 Å². The zero-order chi connectivity index (χ0) is 21.9. The number of hydrogen-bond donors (Lipinski definition) is 2. The van der Waals surface area contributed by atoms with Crippen LogP contribution in [0.15, 0.2) is 31.0 Å². The molecule has 166 valence electrons. The van der Waals surface area contributed by atoms with E-state index in [1.807, 2.05) is 23.1 Å². The molecule has 2 saturated carbocycles. The molecule has 6 rings (SSSR count). The van der Waals surface area contributed by atoms with Crippen LogP contribution in [0.25, 0.3) is 22.3 Å². The molecule has 3 aromatic heterocycles. The number of rotatable bonds is 6. The molecule has 0 spiro atoms. The van der Waals surface area contributed by atoms with E-state index in [2.05, 4.69) is 30.8 Å². The first-order valence-electron chi connectivity index (χ1n) is 11.0. The number of aromatic nitrogens is 5. The molecular weight excluding hydrogens is 428 g/mol. The second kappa shape index (κ2) is 7.10. The quantitative estimate of drug-likeness (QED) is 0.586. The molecular formula is C21H24N8O2S.